The van der Waals surface area contributed by atoms with Gasteiger partial charge in [-0.2, -0.15) is 5.26 Å². The summed E-state index contributed by atoms with van der Waals surface area (Å²) in [5.74, 6) is 4.34. The molecule has 1 aromatic heterocycles. The third-order valence-electron chi connectivity index (χ3n) is 12.9. The molecule has 2 aliphatic rings. The first-order valence-corrected chi connectivity index (χ1v) is 20.3. The average Bonchev–Trinajstić information content (AvgIpc) is 3.26. The predicted octanol–water partition coefficient (Wildman–Crippen LogP) is 13.4. The number of rotatable bonds is 6. The molecule has 1 unspecified atom stereocenters. The van der Waals surface area contributed by atoms with Gasteiger partial charge in [-0.05, 0) is 141 Å². The lowest BCUT2D eigenvalue weighted by Crippen LogP contribution is -2.42. The topological polar surface area (TPSA) is 62.5 Å². The van der Waals surface area contributed by atoms with Gasteiger partial charge in [0, 0.05) is 16.7 Å². The fourth-order valence-electron chi connectivity index (χ4n) is 10.5. The minimum absolute atomic E-state index is 0.340. The third kappa shape index (κ3) is 6.03. The monoisotopic (exact) mass is 724 g/mol. The van der Waals surface area contributed by atoms with Crippen LogP contribution in [0.15, 0.2) is 140 Å². The summed E-state index contributed by atoms with van der Waals surface area (Å²) >= 11 is 0. The van der Waals surface area contributed by atoms with Crippen LogP contribution in [0.2, 0.25) is 0 Å². The van der Waals surface area contributed by atoms with Crippen LogP contribution in [-0.4, -0.2) is 15.0 Å². The third-order valence-corrected chi connectivity index (χ3v) is 12.9. The SMILES string of the molecule is CC[C@@H]1C[C@@H]2C[C@H](C)CC(c3ccc(-c4ccc5c6ccc(-c7nc(-c8ccccc8)nc(-c8ccc(C#N)cc8)n7)cc6c6ccccc6c5c4)cc3)(C1)C2. The van der Waals surface area contributed by atoms with Crippen molar-refractivity contribution in [1.29, 1.82) is 5.26 Å². The molecular formula is C52H44N4. The molecule has 0 N–H and O–H groups in total. The highest BCUT2D eigenvalue weighted by molar-refractivity contribution is 6.26. The normalized spacial score (nSPS) is 20.6. The summed E-state index contributed by atoms with van der Waals surface area (Å²) in [6.07, 6.45) is 8.18. The van der Waals surface area contributed by atoms with Crippen LogP contribution < -0.4 is 0 Å². The summed E-state index contributed by atoms with van der Waals surface area (Å²) in [6.45, 7) is 4.87. The summed E-state index contributed by atoms with van der Waals surface area (Å²) < 4.78 is 0. The van der Waals surface area contributed by atoms with Crippen molar-refractivity contribution in [3.63, 3.8) is 0 Å². The van der Waals surface area contributed by atoms with Crippen LogP contribution in [-0.2, 0) is 5.41 Å². The van der Waals surface area contributed by atoms with E-state index in [1.54, 1.807) is 17.7 Å². The molecule has 2 bridgehead atoms. The van der Waals surface area contributed by atoms with E-state index in [-0.39, 0.29) is 0 Å². The summed E-state index contributed by atoms with van der Waals surface area (Å²) in [7, 11) is 0. The van der Waals surface area contributed by atoms with E-state index >= 15 is 0 Å². The summed E-state index contributed by atoms with van der Waals surface area (Å²) in [5.41, 5.74) is 7.71. The van der Waals surface area contributed by atoms with Gasteiger partial charge in [-0.3, -0.25) is 0 Å². The molecule has 56 heavy (non-hydrogen) atoms. The molecule has 272 valence electrons. The van der Waals surface area contributed by atoms with E-state index in [1.165, 1.54) is 82.0 Å². The highest BCUT2D eigenvalue weighted by Gasteiger charge is 2.45. The Hall–Kier alpha value is -6.18. The van der Waals surface area contributed by atoms with E-state index in [0.717, 1.165) is 34.4 Å². The first-order valence-electron chi connectivity index (χ1n) is 20.3. The minimum atomic E-state index is 0.340. The molecule has 0 spiro atoms. The van der Waals surface area contributed by atoms with E-state index in [1.807, 2.05) is 42.5 Å². The zero-order valence-electron chi connectivity index (χ0n) is 32.0. The summed E-state index contributed by atoms with van der Waals surface area (Å²) in [5, 5.41) is 16.7. The standard InChI is InChI=1S/C52H44N4/c1-3-34-26-36-25-33(2)29-52(30-34,31-36)42-21-17-37(18-22-42)40-19-23-45-46-24-20-41(28-48(46)44-12-8-7-11-43(44)47(45)27-40)51-55-49(38-9-5-4-6-10-38)54-50(56-51)39-15-13-35(32-53)14-16-39/h4-24,27-28,33-34,36H,3,25-26,29-31H2,1-2H3/t33-,34+,36-,52?/m0/s1. The smallest absolute Gasteiger partial charge is 0.164 e. The van der Waals surface area contributed by atoms with E-state index in [2.05, 4.69) is 105 Å². The number of hydrogen-bond acceptors (Lipinski definition) is 4. The van der Waals surface area contributed by atoms with Crippen LogP contribution >= 0.6 is 0 Å². The summed E-state index contributed by atoms with van der Waals surface area (Å²) in [6, 6.07) is 51.7. The van der Waals surface area contributed by atoms with E-state index in [9.17, 15) is 5.26 Å². The van der Waals surface area contributed by atoms with Crippen molar-refractivity contribution < 1.29 is 0 Å². The Morgan fingerprint density at radius 3 is 1.71 bits per heavy atom. The molecule has 2 aliphatic carbocycles. The zero-order chi connectivity index (χ0) is 37.8. The van der Waals surface area contributed by atoms with Gasteiger partial charge in [0.15, 0.2) is 17.5 Å². The Labute approximate surface area is 328 Å². The Balaban J connectivity index is 1.06. The van der Waals surface area contributed by atoms with Gasteiger partial charge in [0.1, 0.15) is 0 Å². The van der Waals surface area contributed by atoms with Gasteiger partial charge in [-0.1, -0.05) is 123 Å². The van der Waals surface area contributed by atoms with Crippen molar-refractivity contribution in [2.45, 2.75) is 57.8 Å². The summed E-state index contributed by atoms with van der Waals surface area (Å²) in [4.78, 5) is 14.9. The van der Waals surface area contributed by atoms with Gasteiger partial charge in [0.25, 0.3) is 0 Å². The van der Waals surface area contributed by atoms with E-state index < -0.39 is 0 Å². The number of aromatic nitrogens is 3. The van der Waals surface area contributed by atoms with Crippen LogP contribution in [0.25, 0.3) is 77.6 Å². The molecule has 7 aromatic carbocycles. The predicted molar refractivity (Wildman–Crippen MR) is 230 cm³/mol. The van der Waals surface area contributed by atoms with Gasteiger partial charge in [-0.15, -0.1) is 0 Å². The highest BCUT2D eigenvalue weighted by Crippen LogP contribution is 2.55. The average molecular weight is 725 g/mol. The van der Waals surface area contributed by atoms with E-state index in [4.69, 9.17) is 15.0 Å². The molecule has 0 radical (unpaired) electrons. The second-order valence-corrected chi connectivity index (χ2v) is 16.6. The lowest BCUT2D eigenvalue weighted by Gasteiger charge is -2.51. The van der Waals surface area contributed by atoms with Gasteiger partial charge in [-0.25, -0.2) is 15.0 Å². The van der Waals surface area contributed by atoms with Crippen molar-refractivity contribution in [3.05, 3.63) is 151 Å². The van der Waals surface area contributed by atoms with Crippen molar-refractivity contribution in [2.75, 3.05) is 0 Å². The molecule has 1 heterocycles. The molecule has 4 heteroatoms. The maximum Gasteiger partial charge on any atom is 0.164 e. The second-order valence-electron chi connectivity index (χ2n) is 16.6. The van der Waals surface area contributed by atoms with Gasteiger partial charge in [0.2, 0.25) is 0 Å². The van der Waals surface area contributed by atoms with Gasteiger partial charge >= 0.3 is 0 Å². The molecular weight excluding hydrogens is 681 g/mol. The maximum absolute atomic E-state index is 9.38. The largest absolute Gasteiger partial charge is 0.208 e. The number of nitriles is 1. The Bertz CT molecular complexity index is 2780. The molecule has 0 aliphatic heterocycles. The molecule has 8 aromatic rings. The van der Waals surface area contributed by atoms with Crippen LogP contribution in [0.5, 0.6) is 0 Å². The fourth-order valence-corrected chi connectivity index (χ4v) is 10.5. The zero-order valence-corrected chi connectivity index (χ0v) is 32.0. The number of nitrogens with zero attached hydrogens (tertiary/aromatic N) is 4. The fraction of sp³-hybridized carbons (Fsp3) is 0.231. The Morgan fingerprint density at radius 2 is 1.07 bits per heavy atom. The van der Waals surface area contributed by atoms with Crippen molar-refractivity contribution in [2.24, 2.45) is 17.8 Å². The van der Waals surface area contributed by atoms with Crippen molar-refractivity contribution in [1.82, 2.24) is 15.0 Å². The van der Waals surface area contributed by atoms with Crippen LogP contribution in [0.4, 0.5) is 0 Å². The first kappa shape index (κ1) is 34.3. The molecule has 0 amide bonds. The number of hydrogen-bond donors (Lipinski definition) is 0. The van der Waals surface area contributed by atoms with Crippen LogP contribution in [0, 0.1) is 29.1 Å². The van der Waals surface area contributed by atoms with Crippen molar-refractivity contribution in [3.8, 4) is 51.4 Å². The lowest BCUT2D eigenvalue weighted by molar-refractivity contribution is 0.0702. The molecule has 2 saturated carbocycles. The highest BCUT2D eigenvalue weighted by atomic mass is 15.0. The second kappa shape index (κ2) is 13.8. The Kier molecular flexibility index (Phi) is 8.48. The van der Waals surface area contributed by atoms with Crippen LogP contribution in [0.1, 0.15) is 63.5 Å². The number of benzene rings is 7. The van der Waals surface area contributed by atoms with Crippen LogP contribution in [0.3, 0.4) is 0 Å². The molecule has 4 nitrogen and oxygen atoms in total. The van der Waals surface area contributed by atoms with E-state index in [0.29, 0.717) is 28.5 Å². The Morgan fingerprint density at radius 1 is 0.536 bits per heavy atom. The quantitative estimate of drug-likeness (QED) is 0.160. The van der Waals surface area contributed by atoms with Gasteiger partial charge in [0.05, 0.1) is 11.6 Å². The molecule has 4 atom stereocenters. The minimum Gasteiger partial charge on any atom is -0.208 e. The lowest BCUT2D eigenvalue weighted by atomic mass is 9.54. The molecule has 10 rings (SSSR count). The molecule has 0 saturated heterocycles. The number of fused-ring (bicyclic) bond motifs is 8. The molecule has 2 fully saturated rings. The first-order chi connectivity index (χ1) is 27.5. The maximum atomic E-state index is 9.38. The van der Waals surface area contributed by atoms with Gasteiger partial charge < -0.3 is 0 Å². The van der Waals surface area contributed by atoms with Crippen molar-refractivity contribution >= 4 is 32.3 Å².